The molecule has 0 saturated carbocycles. The van der Waals surface area contributed by atoms with Crippen LogP contribution >= 0.6 is 0 Å². The molecule has 0 spiro atoms. The third-order valence-corrected chi connectivity index (χ3v) is 2.68. The van der Waals surface area contributed by atoms with Gasteiger partial charge >= 0.3 is 12.4 Å². The van der Waals surface area contributed by atoms with E-state index in [2.05, 4.69) is 0 Å². The summed E-state index contributed by atoms with van der Waals surface area (Å²) in [6, 6.07) is 1.41. The molecule has 7 heteroatoms. The Balaban J connectivity index is 2.93. The van der Waals surface area contributed by atoms with Gasteiger partial charge in [0.1, 0.15) is 6.04 Å². The van der Waals surface area contributed by atoms with Crippen LogP contribution < -0.4 is 5.73 Å². The van der Waals surface area contributed by atoms with Gasteiger partial charge < -0.3 is 5.73 Å². The maximum atomic E-state index is 12.3. The minimum absolute atomic E-state index is 0.118. The average molecular weight is 271 g/mol. The zero-order valence-corrected chi connectivity index (χ0v) is 9.31. The number of halogens is 6. The van der Waals surface area contributed by atoms with Gasteiger partial charge in [-0.3, -0.25) is 0 Å². The Kier molecular flexibility index (Phi) is 3.95. The van der Waals surface area contributed by atoms with Gasteiger partial charge in [-0.1, -0.05) is 19.1 Å². The number of hydrogen-bond acceptors (Lipinski definition) is 1. The van der Waals surface area contributed by atoms with E-state index in [-0.39, 0.29) is 5.56 Å². The minimum atomic E-state index is -4.58. The molecule has 0 heterocycles. The SMILES string of the molecule is CC(c1ccc(C(F)(F)F)cc1)C(N)C(F)(F)F. The number of nitrogens with two attached hydrogens (primary N) is 1. The Bertz CT molecular complexity index is 391. The van der Waals surface area contributed by atoms with E-state index < -0.39 is 29.9 Å². The maximum Gasteiger partial charge on any atom is 0.416 e. The van der Waals surface area contributed by atoms with Crippen molar-refractivity contribution in [1.82, 2.24) is 0 Å². The molecule has 2 unspecified atom stereocenters. The normalized spacial score (nSPS) is 16.4. The van der Waals surface area contributed by atoms with Crippen molar-refractivity contribution in [1.29, 1.82) is 0 Å². The maximum absolute atomic E-state index is 12.3. The second kappa shape index (κ2) is 4.79. The number of hydrogen-bond donors (Lipinski definition) is 1. The van der Waals surface area contributed by atoms with E-state index >= 15 is 0 Å². The summed E-state index contributed by atoms with van der Waals surface area (Å²) in [7, 11) is 0. The van der Waals surface area contributed by atoms with Gasteiger partial charge in [-0.2, -0.15) is 26.3 Å². The Morgan fingerprint density at radius 3 is 1.72 bits per heavy atom. The predicted octanol–water partition coefficient (Wildman–Crippen LogP) is 3.70. The lowest BCUT2D eigenvalue weighted by molar-refractivity contribution is -0.151. The Morgan fingerprint density at radius 1 is 0.944 bits per heavy atom. The van der Waals surface area contributed by atoms with Crippen LogP contribution in [0.15, 0.2) is 24.3 Å². The predicted molar refractivity (Wildman–Crippen MR) is 53.9 cm³/mol. The summed E-state index contributed by atoms with van der Waals surface area (Å²) in [6.07, 6.45) is -9.09. The van der Waals surface area contributed by atoms with Gasteiger partial charge in [-0.25, -0.2) is 0 Å². The smallest absolute Gasteiger partial charge is 0.320 e. The molecule has 102 valence electrons. The van der Waals surface area contributed by atoms with Crippen LogP contribution in [0.3, 0.4) is 0 Å². The van der Waals surface area contributed by atoms with Crippen LogP contribution in [0.4, 0.5) is 26.3 Å². The summed E-state index contributed by atoms with van der Waals surface area (Å²) in [5.74, 6) is -1.10. The van der Waals surface area contributed by atoms with Crippen molar-refractivity contribution in [3.8, 4) is 0 Å². The summed E-state index contributed by atoms with van der Waals surface area (Å²) < 4.78 is 73.8. The fourth-order valence-electron chi connectivity index (χ4n) is 1.47. The lowest BCUT2D eigenvalue weighted by atomic mass is 9.93. The molecular formula is C11H11F6N. The van der Waals surface area contributed by atoms with Crippen molar-refractivity contribution in [3.05, 3.63) is 35.4 Å². The van der Waals surface area contributed by atoms with Gasteiger partial charge in [-0.15, -0.1) is 0 Å². The molecule has 0 fully saturated rings. The van der Waals surface area contributed by atoms with Gasteiger partial charge in [0.2, 0.25) is 0 Å². The van der Waals surface area contributed by atoms with Crippen molar-refractivity contribution in [2.45, 2.75) is 31.2 Å². The third kappa shape index (κ3) is 3.38. The second-order valence-electron chi connectivity index (χ2n) is 3.98. The monoisotopic (exact) mass is 271 g/mol. The standard InChI is InChI=1S/C11H11F6N/c1-6(9(18)11(15,16)17)7-2-4-8(5-3-7)10(12,13)14/h2-6,9H,18H2,1H3. The number of rotatable bonds is 2. The molecule has 0 aromatic heterocycles. The van der Waals surface area contributed by atoms with Crippen LogP contribution in [-0.4, -0.2) is 12.2 Å². The first-order valence-corrected chi connectivity index (χ1v) is 5.03. The molecule has 2 N–H and O–H groups in total. The van der Waals surface area contributed by atoms with Crippen LogP contribution in [-0.2, 0) is 6.18 Å². The summed E-state index contributed by atoms with van der Waals surface area (Å²) in [4.78, 5) is 0. The lowest BCUT2D eigenvalue weighted by Gasteiger charge is -2.23. The van der Waals surface area contributed by atoms with E-state index in [1.54, 1.807) is 0 Å². The van der Waals surface area contributed by atoms with E-state index in [9.17, 15) is 26.3 Å². The van der Waals surface area contributed by atoms with E-state index in [1.807, 2.05) is 0 Å². The van der Waals surface area contributed by atoms with Crippen molar-refractivity contribution >= 4 is 0 Å². The zero-order valence-electron chi connectivity index (χ0n) is 9.31. The molecule has 0 radical (unpaired) electrons. The van der Waals surface area contributed by atoms with Gasteiger partial charge in [0.05, 0.1) is 5.56 Å². The molecule has 1 rings (SSSR count). The van der Waals surface area contributed by atoms with Crippen molar-refractivity contribution in [2.24, 2.45) is 5.73 Å². The van der Waals surface area contributed by atoms with Gasteiger partial charge in [0.15, 0.2) is 0 Å². The Labute approximate surface area is 99.6 Å². The van der Waals surface area contributed by atoms with Crippen LogP contribution in [0.5, 0.6) is 0 Å². The van der Waals surface area contributed by atoms with Crippen LogP contribution in [0.1, 0.15) is 24.0 Å². The molecule has 0 amide bonds. The molecular weight excluding hydrogens is 260 g/mol. The number of alkyl halides is 6. The average Bonchev–Trinajstić information content (AvgIpc) is 2.25. The van der Waals surface area contributed by atoms with Crippen LogP contribution in [0.25, 0.3) is 0 Å². The van der Waals surface area contributed by atoms with E-state index in [0.29, 0.717) is 0 Å². The molecule has 1 aromatic carbocycles. The fourth-order valence-corrected chi connectivity index (χ4v) is 1.47. The Hall–Kier alpha value is -1.24. The third-order valence-electron chi connectivity index (χ3n) is 2.68. The van der Waals surface area contributed by atoms with E-state index in [1.165, 1.54) is 6.92 Å². The highest BCUT2D eigenvalue weighted by molar-refractivity contribution is 5.27. The molecule has 1 nitrogen and oxygen atoms in total. The van der Waals surface area contributed by atoms with Gasteiger partial charge in [0.25, 0.3) is 0 Å². The quantitative estimate of drug-likeness (QED) is 0.815. The first kappa shape index (κ1) is 14.8. The first-order chi connectivity index (χ1) is 8.03. The van der Waals surface area contributed by atoms with Crippen molar-refractivity contribution in [2.75, 3.05) is 0 Å². The highest BCUT2D eigenvalue weighted by Crippen LogP contribution is 2.33. The molecule has 0 bridgehead atoms. The molecule has 0 aliphatic rings. The molecule has 18 heavy (non-hydrogen) atoms. The van der Waals surface area contributed by atoms with Gasteiger partial charge in [-0.05, 0) is 17.7 Å². The summed E-state index contributed by atoms with van der Waals surface area (Å²) in [5.41, 5.74) is 4.22. The zero-order chi connectivity index (χ0) is 14.1. The molecule has 0 saturated heterocycles. The molecule has 1 aromatic rings. The highest BCUT2D eigenvalue weighted by Gasteiger charge is 2.40. The number of benzene rings is 1. The van der Waals surface area contributed by atoms with Crippen molar-refractivity contribution in [3.63, 3.8) is 0 Å². The lowest BCUT2D eigenvalue weighted by Crippen LogP contribution is -2.41. The Morgan fingerprint density at radius 2 is 1.39 bits per heavy atom. The van der Waals surface area contributed by atoms with Gasteiger partial charge in [0, 0.05) is 5.92 Å². The summed E-state index contributed by atoms with van der Waals surface area (Å²) in [6.45, 7) is 1.22. The fraction of sp³-hybridized carbons (Fsp3) is 0.455. The van der Waals surface area contributed by atoms with Crippen molar-refractivity contribution < 1.29 is 26.3 Å². The second-order valence-corrected chi connectivity index (χ2v) is 3.98. The highest BCUT2D eigenvalue weighted by atomic mass is 19.4. The van der Waals surface area contributed by atoms with Crippen LogP contribution in [0.2, 0.25) is 0 Å². The van der Waals surface area contributed by atoms with E-state index in [0.717, 1.165) is 24.3 Å². The first-order valence-electron chi connectivity index (χ1n) is 5.03. The summed E-state index contributed by atoms with van der Waals surface area (Å²) in [5, 5.41) is 0. The molecule has 2 atom stereocenters. The van der Waals surface area contributed by atoms with Crippen LogP contribution in [0, 0.1) is 0 Å². The molecule has 0 aliphatic carbocycles. The van der Waals surface area contributed by atoms with E-state index in [4.69, 9.17) is 5.73 Å². The summed E-state index contributed by atoms with van der Waals surface area (Å²) >= 11 is 0. The largest absolute Gasteiger partial charge is 0.416 e. The molecule has 0 aliphatic heterocycles. The topological polar surface area (TPSA) is 26.0 Å². The minimum Gasteiger partial charge on any atom is -0.320 e.